The van der Waals surface area contributed by atoms with Gasteiger partial charge in [0.15, 0.2) is 10.7 Å². The third-order valence-corrected chi connectivity index (χ3v) is 7.13. The zero-order valence-electron chi connectivity index (χ0n) is 21.2. The third-order valence-electron chi connectivity index (χ3n) is 6.59. The Morgan fingerprint density at radius 2 is 1.84 bits per heavy atom. The number of thiocarbonyl (C=S) groups is 1. The van der Waals surface area contributed by atoms with Crippen molar-refractivity contribution in [2.75, 3.05) is 12.4 Å². The van der Waals surface area contributed by atoms with Gasteiger partial charge in [-0.2, -0.15) is 0 Å². The number of anilines is 1. The van der Waals surface area contributed by atoms with Gasteiger partial charge in [-0.3, -0.25) is 10.1 Å². The smallest absolute Gasteiger partial charge is 0.261 e. The lowest BCUT2D eigenvalue weighted by Crippen LogP contribution is -2.34. The van der Waals surface area contributed by atoms with Gasteiger partial charge in [0.1, 0.15) is 11.3 Å². The molecule has 38 heavy (non-hydrogen) atoms. The number of oxazole rings is 1. The molecule has 5 aromatic rings. The Balaban J connectivity index is 1.36. The summed E-state index contributed by atoms with van der Waals surface area (Å²) in [6, 6.07) is 22.8. The maximum atomic E-state index is 13.1. The fourth-order valence-corrected chi connectivity index (χ4v) is 4.62. The van der Waals surface area contributed by atoms with Gasteiger partial charge < -0.3 is 14.5 Å². The van der Waals surface area contributed by atoms with E-state index >= 15 is 0 Å². The molecule has 0 aliphatic heterocycles. The molecule has 0 aliphatic rings. The molecule has 0 unspecified atom stereocenters. The van der Waals surface area contributed by atoms with Crippen molar-refractivity contribution >= 4 is 62.4 Å². The summed E-state index contributed by atoms with van der Waals surface area (Å²) in [5, 5.41) is 8.16. The molecule has 192 valence electrons. The number of nitrogens with zero attached hydrogens (tertiary/aromatic N) is 1. The van der Waals surface area contributed by atoms with Gasteiger partial charge in [0, 0.05) is 5.56 Å². The second-order valence-corrected chi connectivity index (χ2v) is 9.87. The Kier molecular flexibility index (Phi) is 7.31. The predicted octanol–water partition coefficient (Wildman–Crippen LogP) is 7.95. The van der Waals surface area contributed by atoms with E-state index in [2.05, 4.69) is 41.6 Å². The minimum atomic E-state index is -0.395. The summed E-state index contributed by atoms with van der Waals surface area (Å²) in [6.07, 6.45) is 1.05. The molecule has 0 spiro atoms. The molecule has 0 saturated heterocycles. The molecule has 1 heterocycles. The van der Waals surface area contributed by atoms with Crippen molar-refractivity contribution in [2.45, 2.75) is 26.2 Å². The van der Waals surface area contributed by atoms with E-state index in [4.69, 9.17) is 33.0 Å². The van der Waals surface area contributed by atoms with E-state index in [-0.39, 0.29) is 5.11 Å². The van der Waals surface area contributed by atoms with Crippen LogP contribution in [0.25, 0.3) is 33.3 Å². The van der Waals surface area contributed by atoms with Crippen molar-refractivity contribution in [3.63, 3.8) is 0 Å². The first-order chi connectivity index (χ1) is 18.4. The van der Waals surface area contributed by atoms with E-state index in [1.807, 2.05) is 42.5 Å². The van der Waals surface area contributed by atoms with E-state index in [0.717, 1.165) is 28.3 Å². The number of benzene rings is 4. The van der Waals surface area contributed by atoms with E-state index in [0.29, 0.717) is 39.4 Å². The molecule has 5 rings (SSSR count). The number of carbonyl (C=O) groups is 1. The Labute approximate surface area is 231 Å². The summed E-state index contributed by atoms with van der Waals surface area (Å²) in [6.45, 7) is 4.35. The van der Waals surface area contributed by atoms with Crippen molar-refractivity contribution < 1.29 is 13.9 Å². The first-order valence-electron chi connectivity index (χ1n) is 12.3. The van der Waals surface area contributed by atoms with Crippen molar-refractivity contribution in [3.05, 3.63) is 88.9 Å². The maximum absolute atomic E-state index is 13.1. The van der Waals surface area contributed by atoms with Gasteiger partial charge in [0.25, 0.3) is 5.91 Å². The Morgan fingerprint density at radius 1 is 1.08 bits per heavy atom. The number of hydrogen-bond acceptors (Lipinski definition) is 5. The number of aromatic nitrogens is 1. The molecule has 8 heteroatoms. The highest BCUT2D eigenvalue weighted by molar-refractivity contribution is 7.80. The predicted molar refractivity (Wildman–Crippen MR) is 157 cm³/mol. The van der Waals surface area contributed by atoms with Gasteiger partial charge in [0.2, 0.25) is 5.89 Å². The monoisotopic (exact) mass is 543 g/mol. The van der Waals surface area contributed by atoms with Crippen molar-refractivity contribution in [1.29, 1.82) is 0 Å². The minimum Gasteiger partial charge on any atom is -0.496 e. The number of nitrogens with one attached hydrogen (secondary N) is 2. The molecule has 1 aromatic heterocycles. The van der Waals surface area contributed by atoms with Crippen LogP contribution in [-0.2, 0) is 0 Å². The second kappa shape index (κ2) is 10.8. The van der Waals surface area contributed by atoms with Crippen LogP contribution < -0.4 is 15.4 Å². The van der Waals surface area contributed by atoms with E-state index < -0.39 is 5.91 Å². The normalized spacial score (nSPS) is 11.9. The van der Waals surface area contributed by atoms with Crippen molar-refractivity contribution in [3.8, 4) is 17.2 Å². The molecule has 1 atom stereocenters. The van der Waals surface area contributed by atoms with Crippen LogP contribution in [0.1, 0.15) is 42.1 Å². The molecule has 0 radical (unpaired) electrons. The summed E-state index contributed by atoms with van der Waals surface area (Å²) in [5.41, 5.74) is 4.35. The zero-order chi connectivity index (χ0) is 26.8. The highest BCUT2D eigenvalue weighted by atomic mass is 35.5. The van der Waals surface area contributed by atoms with Crippen LogP contribution in [-0.4, -0.2) is 23.1 Å². The summed E-state index contributed by atoms with van der Waals surface area (Å²) < 4.78 is 11.5. The summed E-state index contributed by atoms with van der Waals surface area (Å²) in [4.78, 5) is 17.8. The zero-order valence-corrected chi connectivity index (χ0v) is 22.7. The average molecular weight is 544 g/mol. The molecule has 6 nitrogen and oxygen atoms in total. The van der Waals surface area contributed by atoms with E-state index in [1.165, 1.54) is 12.7 Å². The molecule has 0 bridgehead atoms. The highest BCUT2D eigenvalue weighted by Gasteiger charge is 2.17. The molecule has 4 aromatic carbocycles. The fraction of sp³-hybridized carbons (Fsp3) is 0.167. The van der Waals surface area contributed by atoms with Gasteiger partial charge in [-0.15, -0.1) is 0 Å². The molecule has 0 fully saturated rings. The maximum Gasteiger partial charge on any atom is 0.261 e. The Morgan fingerprint density at radius 3 is 2.58 bits per heavy atom. The van der Waals surface area contributed by atoms with E-state index in [1.54, 1.807) is 18.2 Å². The summed E-state index contributed by atoms with van der Waals surface area (Å²) in [7, 11) is 1.53. The topological polar surface area (TPSA) is 76.4 Å². The van der Waals surface area contributed by atoms with Crippen LogP contribution in [0.3, 0.4) is 0 Å². The quantitative estimate of drug-likeness (QED) is 0.212. The van der Waals surface area contributed by atoms with Gasteiger partial charge in [-0.05, 0) is 83.4 Å². The lowest BCUT2D eigenvalue weighted by Gasteiger charge is -2.14. The van der Waals surface area contributed by atoms with Gasteiger partial charge in [-0.1, -0.05) is 55.8 Å². The number of fused-ring (bicyclic) bond motifs is 2. The van der Waals surface area contributed by atoms with E-state index in [9.17, 15) is 4.79 Å². The van der Waals surface area contributed by atoms with Crippen LogP contribution in [0.2, 0.25) is 5.02 Å². The lowest BCUT2D eigenvalue weighted by molar-refractivity contribution is 0.0975. The Bertz CT molecular complexity index is 1680. The van der Waals surface area contributed by atoms with Gasteiger partial charge >= 0.3 is 0 Å². The number of halogens is 1. The first-order valence-corrected chi connectivity index (χ1v) is 13.0. The van der Waals surface area contributed by atoms with Crippen LogP contribution in [0.4, 0.5) is 5.69 Å². The summed E-state index contributed by atoms with van der Waals surface area (Å²) >= 11 is 11.9. The average Bonchev–Trinajstić information content (AvgIpc) is 3.36. The second-order valence-electron chi connectivity index (χ2n) is 9.06. The number of rotatable bonds is 6. The molecular weight excluding hydrogens is 518 g/mol. The molecular formula is C30H26ClN3O3S. The molecule has 2 N–H and O–H groups in total. The van der Waals surface area contributed by atoms with Crippen LogP contribution >= 0.6 is 23.8 Å². The van der Waals surface area contributed by atoms with Crippen LogP contribution in [0.15, 0.2) is 77.2 Å². The van der Waals surface area contributed by atoms with Gasteiger partial charge in [-0.25, -0.2) is 4.98 Å². The third kappa shape index (κ3) is 5.21. The largest absolute Gasteiger partial charge is 0.496 e. The first kappa shape index (κ1) is 25.7. The molecule has 0 saturated carbocycles. The molecule has 1 amide bonds. The number of methoxy groups -OCH3 is 1. The minimum absolute atomic E-state index is 0.0972. The summed E-state index contributed by atoms with van der Waals surface area (Å²) in [5.74, 6) is 0.971. The SMILES string of the molecule is CC[C@H](C)c1ccc2oc(-c3ccc(Cl)c(NC(=S)NC(=O)c4cc5ccccc5cc4OC)c3)nc2c1. The fourth-order valence-electron chi connectivity index (χ4n) is 4.25. The van der Waals surface area contributed by atoms with Crippen molar-refractivity contribution in [1.82, 2.24) is 10.3 Å². The van der Waals surface area contributed by atoms with Crippen LogP contribution in [0.5, 0.6) is 5.75 Å². The molecule has 0 aliphatic carbocycles. The lowest BCUT2D eigenvalue weighted by atomic mass is 9.98. The van der Waals surface area contributed by atoms with Crippen molar-refractivity contribution in [2.24, 2.45) is 0 Å². The standard InChI is InChI=1S/C30H26ClN3O3S/c1-4-17(2)18-10-12-26-25(14-18)32-29(37-26)21-9-11-23(31)24(15-21)33-30(38)34-28(35)22-13-19-7-5-6-8-20(19)16-27(22)36-3/h5-17H,4H2,1-3H3,(H2,33,34,35,38)/t17-/m0/s1. The van der Waals surface area contributed by atoms with Gasteiger partial charge in [0.05, 0.1) is 23.4 Å². The van der Waals surface area contributed by atoms with Crippen LogP contribution in [0, 0.1) is 0 Å². The number of ether oxygens (including phenoxy) is 1. The number of hydrogen-bond donors (Lipinski definition) is 2. The number of carbonyl (C=O) groups excluding carboxylic acids is 1. The Hall–Kier alpha value is -3.94. The number of amides is 1. The highest BCUT2D eigenvalue weighted by Crippen LogP contribution is 2.32.